The van der Waals surface area contributed by atoms with Gasteiger partial charge in [-0.3, -0.25) is 9.78 Å². The molecule has 1 aromatic carbocycles. The number of amides is 1. The molecule has 3 aromatic rings. The molecule has 5 nitrogen and oxygen atoms in total. The first-order valence-electron chi connectivity index (χ1n) is 6.38. The fraction of sp³-hybridized carbons (Fsp3) is 0.133. The van der Waals surface area contributed by atoms with Crippen molar-refractivity contribution in [3.05, 3.63) is 47.2 Å². The van der Waals surface area contributed by atoms with E-state index in [2.05, 4.69) is 15.3 Å². The van der Waals surface area contributed by atoms with Crippen molar-refractivity contribution in [2.45, 2.75) is 6.92 Å². The third-order valence-corrected chi connectivity index (χ3v) is 3.93. The highest BCUT2D eigenvalue weighted by Crippen LogP contribution is 2.31. The summed E-state index contributed by atoms with van der Waals surface area (Å²) in [5, 5.41) is 2.96. The summed E-state index contributed by atoms with van der Waals surface area (Å²) in [5.41, 5.74) is 1.81. The molecule has 0 fully saturated rings. The van der Waals surface area contributed by atoms with Gasteiger partial charge in [0.1, 0.15) is 11.3 Å². The third-order valence-electron chi connectivity index (χ3n) is 2.94. The maximum atomic E-state index is 11.7. The number of aryl methyl sites for hydroxylation is 1. The molecule has 2 heterocycles. The van der Waals surface area contributed by atoms with Crippen molar-refractivity contribution in [2.24, 2.45) is 0 Å². The Balaban J connectivity index is 2.00. The first-order chi connectivity index (χ1) is 10.2. The molecule has 0 aliphatic carbocycles. The van der Waals surface area contributed by atoms with Crippen LogP contribution < -0.4 is 10.1 Å². The van der Waals surface area contributed by atoms with Crippen LogP contribution in [-0.4, -0.2) is 22.9 Å². The highest BCUT2D eigenvalue weighted by atomic mass is 32.1. The Labute approximate surface area is 125 Å². The second kappa shape index (κ2) is 5.49. The van der Waals surface area contributed by atoms with E-state index in [0.29, 0.717) is 22.0 Å². The van der Waals surface area contributed by atoms with Crippen LogP contribution in [0, 0.1) is 6.92 Å². The van der Waals surface area contributed by atoms with Gasteiger partial charge < -0.3 is 10.1 Å². The van der Waals surface area contributed by atoms with Crippen molar-refractivity contribution in [3.63, 3.8) is 0 Å². The van der Waals surface area contributed by atoms with E-state index in [4.69, 9.17) is 4.74 Å². The molecule has 0 spiro atoms. The Kier molecular flexibility index (Phi) is 3.53. The summed E-state index contributed by atoms with van der Waals surface area (Å²) in [7, 11) is 1.58. The molecule has 1 amide bonds. The molecule has 21 heavy (non-hydrogen) atoms. The Hall–Kier alpha value is -2.47. The maximum Gasteiger partial charge on any atom is 0.280 e. The first kappa shape index (κ1) is 13.5. The van der Waals surface area contributed by atoms with Gasteiger partial charge in [0, 0.05) is 13.2 Å². The first-order valence-corrected chi connectivity index (χ1v) is 7.20. The standard InChI is InChI=1S/C15H13N3O2S/c1-9-3-5-10(6-4-9)20-11-7-17-8-12-13(11)18-15(21-12)14(19)16-2/h3-8H,1-2H3,(H,16,19). The molecule has 0 unspecified atom stereocenters. The lowest BCUT2D eigenvalue weighted by Gasteiger charge is -2.05. The molecule has 0 aliphatic heterocycles. The van der Waals surface area contributed by atoms with Gasteiger partial charge in [0.05, 0.1) is 10.9 Å². The topological polar surface area (TPSA) is 64.1 Å². The van der Waals surface area contributed by atoms with Crippen LogP contribution in [0.25, 0.3) is 10.2 Å². The number of carbonyl (C=O) groups is 1. The van der Waals surface area contributed by atoms with Crippen LogP contribution in [0.2, 0.25) is 0 Å². The lowest BCUT2D eigenvalue weighted by molar-refractivity contribution is 0.0963. The Morgan fingerprint density at radius 1 is 1.24 bits per heavy atom. The molecule has 106 valence electrons. The van der Waals surface area contributed by atoms with E-state index in [0.717, 1.165) is 10.3 Å². The van der Waals surface area contributed by atoms with Crippen LogP contribution in [0.4, 0.5) is 0 Å². The number of nitrogens with one attached hydrogen (secondary N) is 1. The third kappa shape index (κ3) is 2.71. The molecular formula is C15H13N3O2S. The lowest BCUT2D eigenvalue weighted by Crippen LogP contribution is -2.17. The van der Waals surface area contributed by atoms with Gasteiger partial charge in [-0.25, -0.2) is 4.98 Å². The van der Waals surface area contributed by atoms with Gasteiger partial charge in [0.2, 0.25) is 0 Å². The fourth-order valence-corrected chi connectivity index (χ4v) is 2.74. The Morgan fingerprint density at radius 2 is 2.00 bits per heavy atom. The zero-order valence-electron chi connectivity index (χ0n) is 11.6. The summed E-state index contributed by atoms with van der Waals surface area (Å²) in [5.74, 6) is 1.05. The zero-order chi connectivity index (χ0) is 14.8. The summed E-state index contributed by atoms with van der Waals surface area (Å²) in [6, 6.07) is 7.72. The molecule has 0 saturated carbocycles. The minimum Gasteiger partial charge on any atom is -0.453 e. The predicted octanol–water partition coefficient (Wildman–Crippen LogP) is 3.15. The van der Waals surface area contributed by atoms with Crippen molar-refractivity contribution in [2.75, 3.05) is 7.05 Å². The Bertz CT molecular complexity index is 796. The number of benzene rings is 1. The number of thiazole rings is 1. The molecule has 6 heteroatoms. The van der Waals surface area contributed by atoms with Crippen molar-refractivity contribution >= 4 is 27.5 Å². The number of fused-ring (bicyclic) bond motifs is 1. The molecule has 2 aromatic heterocycles. The molecule has 1 N–H and O–H groups in total. The number of rotatable bonds is 3. The summed E-state index contributed by atoms with van der Waals surface area (Å²) >= 11 is 1.29. The quantitative estimate of drug-likeness (QED) is 0.807. The maximum absolute atomic E-state index is 11.7. The van der Waals surface area contributed by atoms with Gasteiger partial charge in [-0.05, 0) is 19.1 Å². The molecule has 0 bridgehead atoms. The average Bonchev–Trinajstić information content (AvgIpc) is 2.94. The molecule has 0 radical (unpaired) electrons. The minimum atomic E-state index is -0.211. The van der Waals surface area contributed by atoms with Crippen LogP contribution in [0.3, 0.4) is 0 Å². The number of pyridine rings is 1. The van der Waals surface area contributed by atoms with Crippen molar-refractivity contribution in [1.29, 1.82) is 0 Å². The summed E-state index contributed by atoms with van der Waals surface area (Å²) in [6.45, 7) is 2.02. The largest absolute Gasteiger partial charge is 0.453 e. The second-order valence-electron chi connectivity index (χ2n) is 4.50. The Morgan fingerprint density at radius 3 is 2.71 bits per heavy atom. The normalized spacial score (nSPS) is 10.6. The van der Waals surface area contributed by atoms with Gasteiger partial charge in [0.25, 0.3) is 5.91 Å². The summed E-state index contributed by atoms with van der Waals surface area (Å²) in [6.07, 6.45) is 3.29. The number of hydrogen-bond donors (Lipinski definition) is 1. The number of ether oxygens (including phenoxy) is 1. The highest BCUT2D eigenvalue weighted by Gasteiger charge is 2.14. The van der Waals surface area contributed by atoms with E-state index in [1.807, 2.05) is 31.2 Å². The molecule has 0 saturated heterocycles. The summed E-state index contributed by atoms with van der Waals surface area (Å²) < 4.78 is 6.64. The lowest BCUT2D eigenvalue weighted by atomic mass is 10.2. The van der Waals surface area contributed by atoms with Crippen molar-refractivity contribution in [1.82, 2.24) is 15.3 Å². The average molecular weight is 299 g/mol. The van der Waals surface area contributed by atoms with E-state index in [1.54, 1.807) is 19.4 Å². The summed E-state index contributed by atoms with van der Waals surface area (Å²) in [4.78, 5) is 20.1. The second-order valence-corrected chi connectivity index (χ2v) is 5.53. The van der Waals surface area contributed by atoms with Gasteiger partial charge >= 0.3 is 0 Å². The van der Waals surface area contributed by atoms with Gasteiger partial charge in [-0.1, -0.05) is 17.7 Å². The monoisotopic (exact) mass is 299 g/mol. The minimum absolute atomic E-state index is 0.211. The van der Waals surface area contributed by atoms with E-state index in [-0.39, 0.29) is 5.91 Å². The number of carbonyl (C=O) groups excluding carboxylic acids is 1. The number of hydrogen-bond acceptors (Lipinski definition) is 5. The molecule has 0 aliphatic rings. The van der Waals surface area contributed by atoms with Gasteiger partial charge in [0.15, 0.2) is 10.8 Å². The SMILES string of the molecule is CNC(=O)c1nc2c(Oc3ccc(C)cc3)cncc2s1. The van der Waals surface area contributed by atoms with Crippen LogP contribution in [0.15, 0.2) is 36.7 Å². The van der Waals surface area contributed by atoms with E-state index < -0.39 is 0 Å². The van der Waals surface area contributed by atoms with E-state index in [9.17, 15) is 4.79 Å². The molecule has 3 rings (SSSR count). The molecule has 0 atom stereocenters. The van der Waals surface area contributed by atoms with E-state index in [1.165, 1.54) is 11.3 Å². The van der Waals surface area contributed by atoms with Crippen LogP contribution in [0.5, 0.6) is 11.5 Å². The van der Waals surface area contributed by atoms with Crippen molar-refractivity contribution in [3.8, 4) is 11.5 Å². The molecular weight excluding hydrogens is 286 g/mol. The smallest absolute Gasteiger partial charge is 0.280 e. The number of aromatic nitrogens is 2. The van der Waals surface area contributed by atoms with Crippen LogP contribution in [0.1, 0.15) is 15.4 Å². The van der Waals surface area contributed by atoms with Crippen molar-refractivity contribution < 1.29 is 9.53 Å². The highest BCUT2D eigenvalue weighted by molar-refractivity contribution is 7.20. The predicted molar refractivity (Wildman–Crippen MR) is 82.1 cm³/mol. The van der Waals surface area contributed by atoms with Gasteiger partial charge in [-0.2, -0.15) is 0 Å². The van der Waals surface area contributed by atoms with Crippen LogP contribution in [-0.2, 0) is 0 Å². The zero-order valence-corrected chi connectivity index (χ0v) is 12.4. The number of nitrogens with zero attached hydrogens (tertiary/aromatic N) is 2. The fourth-order valence-electron chi connectivity index (χ4n) is 1.84. The van der Waals surface area contributed by atoms with Gasteiger partial charge in [-0.15, -0.1) is 11.3 Å². The van der Waals surface area contributed by atoms with Crippen LogP contribution >= 0.6 is 11.3 Å². The van der Waals surface area contributed by atoms with E-state index >= 15 is 0 Å².